The summed E-state index contributed by atoms with van der Waals surface area (Å²) in [4.78, 5) is 2.56. The molecule has 21 heavy (non-hydrogen) atoms. The van der Waals surface area contributed by atoms with Crippen molar-refractivity contribution in [3.8, 4) is 0 Å². The molecule has 0 bridgehead atoms. The topological polar surface area (TPSA) is 27.3 Å². The van der Waals surface area contributed by atoms with Crippen molar-refractivity contribution in [1.82, 2.24) is 10.2 Å². The number of piperidine rings is 2. The monoisotopic (exact) mass is 311 g/mol. The zero-order chi connectivity index (χ0) is 14.7. The van der Waals surface area contributed by atoms with Gasteiger partial charge in [0.2, 0.25) is 0 Å². The Kier molecular flexibility index (Phi) is 4.99. The second-order valence-corrected chi connectivity index (χ2v) is 6.47. The first-order valence-electron chi connectivity index (χ1n) is 7.91. The van der Waals surface area contributed by atoms with Crippen molar-refractivity contribution in [1.29, 1.82) is 0 Å². The fourth-order valence-electron chi connectivity index (χ4n) is 3.36. The lowest BCUT2D eigenvalue weighted by molar-refractivity contribution is 0.110. The van der Waals surface area contributed by atoms with Crippen molar-refractivity contribution in [2.24, 2.45) is 0 Å². The van der Waals surface area contributed by atoms with Crippen LogP contribution in [0.4, 0.5) is 10.1 Å². The number of nitrogens with zero attached hydrogens (tertiary/aromatic N) is 1. The standard InChI is InChI=1S/C16H23ClFN3/c17-14-10-12(4-5-15(14)18)20-13-6-7-19-16(11-13)21-8-2-1-3-9-21/h4-5,10,13,16,19-20H,1-3,6-9,11H2. The predicted molar refractivity (Wildman–Crippen MR) is 85.3 cm³/mol. The maximum absolute atomic E-state index is 13.2. The first kappa shape index (κ1) is 15.1. The highest BCUT2D eigenvalue weighted by Crippen LogP contribution is 2.23. The molecule has 2 aliphatic rings. The van der Waals surface area contributed by atoms with Crippen LogP contribution >= 0.6 is 11.6 Å². The van der Waals surface area contributed by atoms with Crippen molar-refractivity contribution >= 4 is 17.3 Å². The van der Waals surface area contributed by atoms with Crippen LogP contribution in [0, 0.1) is 5.82 Å². The molecule has 0 amide bonds. The normalized spacial score (nSPS) is 27.5. The van der Waals surface area contributed by atoms with E-state index in [4.69, 9.17) is 11.6 Å². The molecule has 2 N–H and O–H groups in total. The Morgan fingerprint density at radius 2 is 2.05 bits per heavy atom. The average Bonchev–Trinajstić information content (AvgIpc) is 2.52. The van der Waals surface area contributed by atoms with E-state index in [0.29, 0.717) is 12.2 Å². The summed E-state index contributed by atoms with van der Waals surface area (Å²) >= 11 is 5.85. The zero-order valence-electron chi connectivity index (χ0n) is 12.2. The van der Waals surface area contributed by atoms with Crippen LogP contribution in [0.5, 0.6) is 0 Å². The third kappa shape index (κ3) is 3.87. The van der Waals surface area contributed by atoms with E-state index in [1.165, 1.54) is 38.4 Å². The van der Waals surface area contributed by atoms with Crippen LogP contribution in [-0.4, -0.2) is 36.7 Å². The van der Waals surface area contributed by atoms with E-state index in [9.17, 15) is 4.39 Å². The molecule has 3 rings (SSSR count). The molecule has 1 aromatic rings. The molecule has 0 spiro atoms. The number of hydrogen-bond donors (Lipinski definition) is 2. The highest BCUT2D eigenvalue weighted by molar-refractivity contribution is 6.31. The minimum atomic E-state index is -0.362. The van der Waals surface area contributed by atoms with Gasteiger partial charge in [0.1, 0.15) is 5.82 Å². The molecule has 116 valence electrons. The molecule has 2 saturated heterocycles. The summed E-state index contributed by atoms with van der Waals surface area (Å²) in [5.74, 6) is -0.362. The molecule has 3 nitrogen and oxygen atoms in total. The fourth-order valence-corrected chi connectivity index (χ4v) is 3.54. The molecule has 2 heterocycles. The van der Waals surface area contributed by atoms with E-state index in [2.05, 4.69) is 15.5 Å². The number of rotatable bonds is 3. The highest BCUT2D eigenvalue weighted by atomic mass is 35.5. The lowest BCUT2D eigenvalue weighted by atomic mass is 10.0. The molecule has 2 atom stereocenters. The number of benzene rings is 1. The Morgan fingerprint density at radius 3 is 2.81 bits per heavy atom. The summed E-state index contributed by atoms with van der Waals surface area (Å²) in [6, 6.07) is 5.28. The number of hydrogen-bond acceptors (Lipinski definition) is 3. The van der Waals surface area contributed by atoms with Crippen LogP contribution in [-0.2, 0) is 0 Å². The van der Waals surface area contributed by atoms with E-state index < -0.39 is 0 Å². The van der Waals surface area contributed by atoms with Crippen molar-refractivity contribution in [2.75, 3.05) is 25.0 Å². The molecule has 0 aromatic heterocycles. The van der Waals surface area contributed by atoms with Gasteiger partial charge in [0.05, 0.1) is 11.2 Å². The largest absolute Gasteiger partial charge is 0.382 e. The molecular weight excluding hydrogens is 289 g/mol. The van der Waals surface area contributed by atoms with Crippen LogP contribution in [0.25, 0.3) is 0 Å². The lowest BCUT2D eigenvalue weighted by Crippen LogP contribution is -2.54. The van der Waals surface area contributed by atoms with E-state index in [-0.39, 0.29) is 10.8 Å². The van der Waals surface area contributed by atoms with Crippen LogP contribution in [0.15, 0.2) is 18.2 Å². The maximum Gasteiger partial charge on any atom is 0.141 e. The SMILES string of the molecule is Fc1ccc(NC2CCNC(N3CCCCC3)C2)cc1Cl. The van der Waals surface area contributed by atoms with Crippen LogP contribution < -0.4 is 10.6 Å². The zero-order valence-corrected chi connectivity index (χ0v) is 13.0. The van der Waals surface area contributed by atoms with Gasteiger partial charge in [0.25, 0.3) is 0 Å². The van der Waals surface area contributed by atoms with Gasteiger partial charge in [0.15, 0.2) is 0 Å². The van der Waals surface area contributed by atoms with Gasteiger partial charge in [-0.3, -0.25) is 4.90 Å². The summed E-state index contributed by atoms with van der Waals surface area (Å²) in [5.41, 5.74) is 0.908. The fraction of sp³-hybridized carbons (Fsp3) is 0.625. The lowest BCUT2D eigenvalue weighted by Gasteiger charge is -2.40. The van der Waals surface area contributed by atoms with Crippen molar-refractivity contribution in [2.45, 2.75) is 44.3 Å². The first-order chi connectivity index (χ1) is 10.2. The predicted octanol–water partition coefficient (Wildman–Crippen LogP) is 3.46. The third-order valence-electron chi connectivity index (χ3n) is 4.50. The Hall–Kier alpha value is -0.840. The van der Waals surface area contributed by atoms with E-state index in [0.717, 1.165) is 25.1 Å². The van der Waals surface area contributed by atoms with Gasteiger partial charge >= 0.3 is 0 Å². The number of halogens is 2. The van der Waals surface area contributed by atoms with Gasteiger partial charge in [-0.25, -0.2) is 4.39 Å². The summed E-state index contributed by atoms with van der Waals surface area (Å²) < 4.78 is 13.2. The van der Waals surface area contributed by atoms with Gasteiger partial charge in [-0.1, -0.05) is 18.0 Å². The van der Waals surface area contributed by atoms with Gasteiger partial charge < -0.3 is 10.6 Å². The summed E-state index contributed by atoms with van der Waals surface area (Å²) in [5, 5.41) is 7.31. The number of likely N-dealkylation sites (tertiary alicyclic amines) is 1. The molecule has 2 fully saturated rings. The Morgan fingerprint density at radius 1 is 1.24 bits per heavy atom. The highest BCUT2D eigenvalue weighted by Gasteiger charge is 2.27. The van der Waals surface area contributed by atoms with Gasteiger partial charge in [-0.05, 0) is 63.5 Å². The van der Waals surface area contributed by atoms with Crippen molar-refractivity contribution < 1.29 is 4.39 Å². The molecular formula is C16H23ClFN3. The summed E-state index contributed by atoms with van der Waals surface area (Å²) in [6.45, 7) is 3.42. The minimum absolute atomic E-state index is 0.182. The van der Waals surface area contributed by atoms with Crippen molar-refractivity contribution in [3.63, 3.8) is 0 Å². The van der Waals surface area contributed by atoms with Gasteiger partial charge in [-0.15, -0.1) is 0 Å². The molecule has 2 unspecified atom stereocenters. The van der Waals surface area contributed by atoms with Crippen LogP contribution in [0.3, 0.4) is 0 Å². The third-order valence-corrected chi connectivity index (χ3v) is 4.79. The molecule has 1 aromatic carbocycles. The minimum Gasteiger partial charge on any atom is -0.382 e. The van der Waals surface area contributed by atoms with E-state index in [1.54, 1.807) is 12.1 Å². The van der Waals surface area contributed by atoms with E-state index >= 15 is 0 Å². The van der Waals surface area contributed by atoms with Crippen LogP contribution in [0.1, 0.15) is 32.1 Å². The Labute approximate surface area is 130 Å². The van der Waals surface area contributed by atoms with E-state index in [1.807, 2.05) is 0 Å². The molecule has 2 aliphatic heterocycles. The molecule has 0 saturated carbocycles. The van der Waals surface area contributed by atoms with Gasteiger partial charge in [-0.2, -0.15) is 0 Å². The summed E-state index contributed by atoms with van der Waals surface area (Å²) in [7, 11) is 0. The average molecular weight is 312 g/mol. The quantitative estimate of drug-likeness (QED) is 0.895. The smallest absolute Gasteiger partial charge is 0.141 e. The second-order valence-electron chi connectivity index (χ2n) is 6.06. The number of nitrogens with one attached hydrogen (secondary N) is 2. The molecule has 0 aliphatic carbocycles. The van der Waals surface area contributed by atoms with Crippen molar-refractivity contribution in [3.05, 3.63) is 29.0 Å². The maximum atomic E-state index is 13.2. The molecule has 5 heteroatoms. The van der Waals surface area contributed by atoms with Crippen LogP contribution in [0.2, 0.25) is 5.02 Å². The number of anilines is 1. The van der Waals surface area contributed by atoms with Gasteiger partial charge in [0, 0.05) is 11.7 Å². The second kappa shape index (κ2) is 6.95. The Bertz CT molecular complexity index is 477. The summed E-state index contributed by atoms with van der Waals surface area (Å²) in [6.07, 6.45) is 6.61. The Balaban J connectivity index is 1.59. The molecule has 0 radical (unpaired) electrons. The first-order valence-corrected chi connectivity index (χ1v) is 8.29.